The fraction of sp³-hybridized carbons (Fsp3) is 0.375. The number of rotatable bonds is 7. The van der Waals surface area contributed by atoms with E-state index in [-0.39, 0.29) is 52.4 Å². The van der Waals surface area contributed by atoms with E-state index in [1.807, 2.05) is 0 Å². The Morgan fingerprint density at radius 2 is 1.97 bits per heavy atom. The molecule has 0 aromatic carbocycles. The average Bonchev–Trinajstić information content (AvgIpc) is 3.29. The number of nitrogens with zero attached hydrogens (tertiary/aromatic N) is 3. The molecule has 0 aliphatic carbocycles. The van der Waals surface area contributed by atoms with Crippen LogP contribution in [0.15, 0.2) is 31.1 Å². The van der Waals surface area contributed by atoms with Crippen molar-refractivity contribution < 1.29 is 35.9 Å². The Labute approximate surface area is 221 Å². The van der Waals surface area contributed by atoms with Crippen molar-refractivity contribution in [1.29, 1.82) is 0 Å². The number of fused-ring (bicyclic) bond motifs is 1. The van der Waals surface area contributed by atoms with Gasteiger partial charge in [-0.15, -0.1) is 0 Å². The van der Waals surface area contributed by atoms with Crippen LogP contribution < -0.4 is 14.8 Å². The zero-order valence-corrected chi connectivity index (χ0v) is 22.0. The summed E-state index contributed by atoms with van der Waals surface area (Å²) in [5, 5.41) is 2.95. The first-order valence-electron chi connectivity index (χ1n) is 11.4. The number of pyridine rings is 2. The minimum Gasteiger partial charge on any atom is -0.478 e. The van der Waals surface area contributed by atoms with Crippen molar-refractivity contribution in [2.24, 2.45) is 0 Å². The highest BCUT2D eigenvalue weighted by Gasteiger charge is 2.35. The molecule has 1 N–H and O–H groups in total. The number of aryl methyl sites for hydroxylation is 1. The van der Waals surface area contributed by atoms with Crippen LogP contribution in [0.25, 0.3) is 11.7 Å². The maximum atomic E-state index is 13.0. The third-order valence-electron chi connectivity index (χ3n) is 6.15. The van der Waals surface area contributed by atoms with Gasteiger partial charge < -0.3 is 14.8 Å². The van der Waals surface area contributed by atoms with Gasteiger partial charge >= 0.3 is 6.18 Å². The average molecular weight is 573 g/mol. The highest BCUT2D eigenvalue weighted by Crippen LogP contribution is 2.35. The largest absolute Gasteiger partial charge is 0.478 e. The summed E-state index contributed by atoms with van der Waals surface area (Å²) in [6.45, 7) is 5.66. The number of halogens is 4. The number of imidazole rings is 1. The number of nitrogens with one attached hydrogen (secondary N) is 1. The van der Waals surface area contributed by atoms with Gasteiger partial charge in [0.05, 0.1) is 22.2 Å². The molecule has 0 saturated carbocycles. The van der Waals surface area contributed by atoms with Gasteiger partial charge in [-0.1, -0.05) is 24.3 Å². The molecule has 4 heterocycles. The Hall–Kier alpha value is -3.32. The highest BCUT2D eigenvalue weighted by atomic mass is 35.5. The molecular formula is C24H24ClF3N4O5S. The first-order valence-corrected chi connectivity index (χ1v) is 13.6. The summed E-state index contributed by atoms with van der Waals surface area (Å²) in [6.07, 6.45) is 0.170. The quantitative estimate of drug-likeness (QED) is 0.434. The standard InChI is InChI=1S/C24H24ClF3N4O5S/c1-4-15-9-18(37-22-19(10-16(25)11-29-22)36-13-24(26,27)28)14(2)32-12-17(30-20(15)32)21(33)31-23(3)5-7-38(34,35)8-6-23/h4,9-12H,1,5-8,13H2,2-3H3,(H,31,33). The Bertz CT molecular complexity index is 1510. The number of sulfone groups is 1. The van der Waals surface area contributed by atoms with Gasteiger partial charge in [-0.05, 0) is 32.8 Å². The number of amides is 1. The maximum absolute atomic E-state index is 13.0. The first kappa shape index (κ1) is 27.7. The lowest BCUT2D eigenvalue weighted by atomic mass is 9.95. The second-order valence-electron chi connectivity index (χ2n) is 9.20. The molecule has 4 rings (SSSR count). The number of carbonyl (C=O) groups is 1. The van der Waals surface area contributed by atoms with Crippen LogP contribution in [0.4, 0.5) is 13.2 Å². The van der Waals surface area contributed by atoms with E-state index in [4.69, 9.17) is 21.1 Å². The van der Waals surface area contributed by atoms with Crippen molar-refractivity contribution in [2.75, 3.05) is 18.1 Å². The van der Waals surface area contributed by atoms with Crippen LogP contribution in [0.5, 0.6) is 17.4 Å². The fourth-order valence-corrected chi connectivity index (χ4v) is 5.81. The lowest BCUT2D eigenvalue weighted by molar-refractivity contribution is -0.153. The van der Waals surface area contributed by atoms with Crippen molar-refractivity contribution in [3.63, 3.8) is 0 Å². The van der Waals surface area contributed by atoms with E-state index in [0.29, 0.717) is 16.9 Å². The van der Waals surface area contributed by atoms with Crippen LogP contribution in [0.2, 0.25) is 5.02 Å². The Morgan fingerprint density at radius 1 is 1.29 bits per heavy atom. The molecule has 3 aromatic heterocycles. The molecule has 1 aliphatic heterocycles. The number of carbonyl (C=O) groups excluding carboxylic acids is 1. The smallest absolute Gasteiger partial charge is 0.422 e. The van der Waals surface area contributed by atoms with Gasteiger partial charge in [0, 0.05) is 29.6 Å². The lowest BCUT2D eigenvalue weighted by Crippen LogP contribution is -2.51. The number of aromatic nitrogens is 3. The molecular weight excluding hydrogens is 549 g/mol. The van der Waals surface area contributed by atoms with Crippen LogP contribution >= 0.6 is 11.6 Å². The summed E-state index contributed by atoms with van der Waals surface area (Å²) in [4.78, 5) is 21.4. The molecule has 0 radical (unpaired) electrons. The SMILES string of the molecule is C=Cc1cc(Oc2ncc(Cl)cc2OCC(F)(F)F)c(C)n2cc(C(=O)NC3(C)CCS(=O)(=O)CC3)nc12. The summed E-state index contributed by atoms with van der Waals surface area (Å²) in [7, 11) is -3.11. The van der Waals surface area contributed by atoms with Gasteiger partial charge in [0.15, 0.2) is 12.4 Å². The van der Waals surface area contributed by atoms with Crippen LogP contribution in [0, 0.1) is 6.92 Å². The molecule has 204 valence electrons. The lowest BCUT2D eigenvalue weighted by Gasteiger charge is -2.34. The Morgan fingerprint density at radius 3 is 2.61 bits per heavy atom. The zero-order chi connectivity index (χ0) is 27.9. The number of hydrogen-bond acceptors (Lipinski definition) is 7. The van der Waals surface area contributed by atoms with Gasteiger partial charge in [0.25, 0.3) is 11.8 Å². The predicted octanol–water partition coefficient (Wildman–Crippen LogP) is 4.76. The van der Waals surface area contributed by atoms with Crippen LogP contribution in [-0.4, -0.2) is 58.5 Å². The topological polar surface area (TPSA) is 112 Å². The number of alkyl halides is 3. The highest BCUT2D eigenvalue weighted by molar-refractivity contribution is 7.91. The van der Waals surface area contributed by atoms with Crippen molar-refractivity contribution in [2.45, 2.75) is 38.4 Å². The van der Waals surface area contributed by atoms with Crippen LogP contribution in [0.3, 0.4) is 0 Å². The number of ether oxygens (including phenoxy) is 2. The second-order valence-corrected chi connectivity index (χ2v) is 11.9. The van der Waals surface area contributed by atoms with Gasteiger partial charge in [-0.25, -0.2) is 18.4 Å². The van der Waals surface area contributed by atoms with E-state index in [1.165, 1.54) is 18.5 Å². The first-order chi connectivity index (χ1) is 17.7. The zero-order valence-electron chi connectivity index (χ0n) is 20.4. The molecule has 0 atom stereocenters. The van der Waals surface area contributed by atoms with Gasteiger partial charge in [-0.2, -0.15) is 13.2 Å². The summed E-state index contributed by atoms with van der Waals surface area (Å²) < 4.78 is 73.9. The van der Waals surface area contributed by atoms with Crippen molar-refractivity contribution in [1.82, 2.24) is 19.7 Å². The third kappa shape index (κ3) is 6.21. The van der Waals surface area contributed by atoms with Crippen molar-refractivity contribution in [3.8, 4) is 17.4 Å². The van der Waals surface area contributed by atoms with Gasteiger partial charge in [-0.3, -0.25) is 9.20 Å². The minimum atomic E-state index is -4.58. The summed E-state index contributed by atoms with van der Waals surface area (Å²) in [6, 6.07) is 2.72. The van der Waals surface area contributed by atoms with Crippen molar-refractivity contribution in [3.05, 3.63) is 53.1 Å². The molecule has 38 heavy (non-hydrogen) atoms. The predicted molar refractivity (Wildman–Crippen MR) is 135 cm³/mol. The van der Waals surface area contributed by atoms with E-state index in [2.05, 4.69) is 21.9 Å². The second kappa shape index (κ2) is 10.1. The van der Waals surface area contributed by atoms with E-state index < -0.39 is 34.1 Å². The Kier molecular flexibility index (Phi) is 7.36. The molecule has 1 fully saturated rings. The van der Waals surface area contributed by atoms with Crippen molar-refractivity contribution >= 4 is 39.1 Å². The molecule has 0 unspecified atom stereocenters. The van der Waals surface area contributed by atoms with E-state index >= 15 is 0 Å². The third-order valence-corrected chi connectivity index (χ3v) is 8.01. The summed E-state index contributed by atoms with van der Waals surface area (Å²) >= 11 is 5.88. The van der Waals surface area contributed by atoms with E-state index in [9.17, 15) is 26.4 Å². The maximum Gasteiger partial charge on any atom is 0.422 e. The molecule has 3 aromatic rings. The van der Waals surface area contributed by atoms with Gasteiger partial charge in [0.2, 0.25) is 0 Å². The molecule has 9 nitrogen and oxygen atoms in total. The van der Waals surface area contributed by atoms with Crippen LogP contribution in [-0.2, 0) is 9.84 Å². The Balaban J connectivity index is 1.64. The molecule has 1 aliphatic rings. The fourth-order valence-electron chi connectivity index (χ4n) is 3.94. The summed E-state index contributed by atoms with van der Waals surface area (Å²) in [5.41, 5.74) is 0.721. The van der Waals surface area contributed by atoms with E-state index in [0.717, 1.165) is 6.07 Å². The molecule has 14 heteroatoms. The molecule has 0 bridgehead atoms. The summed E-state index contributed by atoms with van der Waals surface area (Å²) in [5.74, 6) is -0.842. The molecule has 1 saturated heterocycles. The van der Waals surface area contributed by atoms with Crippen LogP contribution in [0.1, 0.15) is 41.5 Å². The number of hydrogen-bond donors (Lipinski definition) is 1. The molecule has 1 amide bonds. The van der Waals surface area contributed by atoms with Gasteiger partial charge in [0.1, 0.15) is 26.9 Å². The normalized spacial score (nSPS) is 16.7. The molecule has 0 spiro atoms. The monoisotopic (exact) mass is 572 g/mol. The van der Waals surface area contributed by atoms with E-state index in [1.54, 1.807) is 24.3 Å². The minimum absolute atomic E-state index is 0.0111.